The Labute approximate surface area is 198 Å². The van der Waals surface area contributed by atoms with Crippen molar-refractivity contribution in [3.8, 4) is 11.1 Å². The fourth-order valence-corrected chi connectivity index (χ4v) is 4.51. The molecule has 7 nitrogen and oxygen atoms in total. The van der Waals surface area contributed by atoms with Crippen LogP contribution in [0.25, 0.3) is 11.1 Å². The Morgan fingerprint density at radius 3 is 2.50 bits per heavy atom. The lowest BCUT2D eigenvalue weighted by Crippen LogP contribution is -2.29. The molecule has 0 amide bonds. The molecule has 0 fully saturated rings. The summed E-state index contributed by atoms with van der Waals surface area (Å²) in [4.78, 5) is 7.57. The van der Waals surface area contributed by atoms with E-state index in [2.05, 4.69) is 21.4 Å². The number of rotatable bonds is 9. The molecule has 0 aliphatic heterocycles. The van der Waals surface area contributed by atoms with Crippen LogP contribution in [0, 0.1) is 5.82 Å². The molecular weight excluding hydrogens is 455 g/mol. The maximum absolute atomic E-state index is 14.9. The summed E-state index contributed by atoms with van der Waals surface area (Å²) in [5, 5.41) is 10.3. The van der Waals surface area contributed by atoms with Gasteiger partial charge in [0.05, 0.1) is 17.2 Å². The largest absolute Gasteiger partial charge is 0.387 e. The first-order valence-corrected chi connectivity index (χ1v) is 11.8. The maximum atomic E-state index is 14.9. The van der Waals surface area contributed by atoms with Crippen molar-refractivity contribution in [1.82, 2.24) is 4.72 Å². The Hall–Kier alpha value is -3.66. The number of hydrogen-bond donors (Lipinski definition) is 3. The van der Waals surface area contributed by atoms with Crippen LogP contribution in [0.4, 0.5) is 4.39 Å². The van der Waals surface area contributed by atoms with E-state index in [0.717, 1.165) is 0 Å². The maximum Gasteiger partial charge on any atom is 0.241 e. The molecule has 0 heterocycles. The second-order valence-electron chi connectivity index (χ2n) is 7.40. The molecule has 3 rings (SSSR count). The van der Waals surface area contributed by atoms with E-state index in [-0.39, 0.29) is 22.8 Å². The fraction of sp³-hybridized carbons (Fsp3) is 0.120. The second-order valence-corrected chi connectivity index (χ2v) is 9.13. The first-order valence-electron chi connectivity index (χ1n) is 10.3. The Morgan fingerprint density at radius 2 is 1.82 bits per heavy atom. The zero-order valence-electron chi connectivity index (χ0n) is 18.5. The van der Waals surface area contributed by atoms with Crippen molar-refractivity contribution in [2.24, 2.45) is 15.7 Å². The van der Waals surface area contributed by atoms with Crippen LogP contribution in [-0.4, -0.2) is 32.5 Å². The van der Waals surface area contributed by atoms with Gasteiger partial charge in [0.1, 0.15) is 11.6 Å². The average molecular weight is 481 g/mol. The minimum absolute atomic E-state index is 0.0273. The van der Waals surface area contributed by atoms with Crippen molar-refractivity contribution in [1.29, 1.82) is 0 Å². The number of aliphatic imine (C=N–C) groups is 2. The summed E-state index contributed by atoms with van der Waals surface area (Å²) < 4.78 is 43.4. The topological polar surface area (TPSA) is 117 Å². The van der Waals surface area contributed by atoms with Gasteiger partial charge >= 0.3 is 0 Å². The Bertz CT molecular complexity index is 1340. The quantitative estimate of drug-likeness (QED) is 0.404. The lowest BCUT2D eigenvalue weighted by molar-refractivity contribution is 0.182. The highest BCUT2D eigenvalue weighted by atomic mass is 32.2. The molecule has 0 spiro atoms. The first kappa shape index (κ1) is 25.0. The molecule has 9 heteroatoms. The zero-order valence-corrected chi connectivity index (χ0v) is 19.3. The number of nitrogens with one attached hydrogen (secondary N) is 1. The van der Waals surface area contributed by atoms with Crippen LogP contribution in [0.5, 0.6) is 0 Å². The van der Waals surface area contributed by atoms with Crippen molar-refractivity contribution < 1.29 is 17.9 Å². The summed E-state index contributed by atoms with van der Waals surface area (Å²) in [5.74, 6) is -0.475. The molecular formula is C25H25FN4O3S. The molecule has 1 atom stereocenters. The first-order chi connectivity index (χ1) is 16.2. The smallest absolute Gasteiger partial charge is 0.241 e. The van der Waals surface area contributed by atoms with E-state index >= 15 is 0 Å². The number of hydrogen-bond acceptors (Lipinski definition) is 6. The van der Waals surface area contributed by atoms with Crippen molar-refractivity contribution >= 4 is 22.5 Å². The van der Waals surface area contributed by atoms with Gasteiger partial charge in [-0.3, -0.25) is 4.99 Å². The highest BCUT2D eigenvalue weighted by Gasteiger charge is 2.21. The van der Waals surface area contributed by atoms with E-state index < -0.39 is 21.9 Å². The fourth-order valence-electron chi connectivity index (χ4n) is 3.25. The normalized spacial score (nSPS) is 13.5. The molecule has 0 unspecified atom stereocenters. The number of aliphatic hydroxyl groups is 1. The highest BCUT2D eigenvalue weighted by Crippen LogP contribution is 2.29. The van der Waals surface area contributed by atoms with Crippen molar-refractivity contribution in [2.75, 3.05) is 6.54 Å². The van der Waals surface area contributed by atoms with Gasteiger partial charge in [-0.15, -0.1) is 0 Å². The summed E-state index contributed by atoms with van der Waals surface area (Å²) in [6.45, 7) is 4.69. The van der Waals surface area contributed by atoms with Gasteiger partial charge in [0, 0.05) is 23.4 Å². The predicted molar refractivity (Wildman–Crippen MR) is 132 cm³/mol. The lowest BCUT2D eigenvalue weighted by atomic mass is 10.0. The molecule has 0 aliphatic carbocycles. The van der Waals surface area contributed by atoms with E-state index in [1.54, 1.807) is 61.5 Å². The zero-order chi connectivity index (χ0) is 24.7. The number of nitrogens with two attached hydrogens (primary N) is 1. The number of sulfonamides is 1. The number of halogens is 1. The lowest BCUT2D eigenvalue weighted by Gasteiger charge is -2.15. The molecule has 0 bridgehead atoms. The van der Waals surface area contributed by atoms with Crippen LogP contribution in [0.3, 0.4) is 0 Å². The van der Waals surface area contributed by atoms with Crippen LogP contribution in [-0.2, 0) is 10.0 Å². The molecule has 0 saturated heterocycles. The molecule has 34 heavy (non-hydrogen) atoms. The Balaban J connectivity index is 1.88. The SMILES string of the molecule is C=N/C(N)=C\N=C(/C)c1ccc(-c2ccccc2S(=O)(=O)NC[C@@H](O)c2ccccc2)cc1F. The molecule has 0 aliphatic rings. The van der Waals surface area contributed by atoms with Gasteiger partial charge in [-0.1, -0.05) is 54.6 Å². The molecule has 0 aromatic heterocycles. The van der Waals surface area contributed by atoms with E-state index in [1.165, 1.54) is 24.4 Å². The third-order valence-electron chi connectivity index (χ3n) is 5.07. The molecule has 0 radical (unpaired) electrons. The van der Waals surface area contributed by atoms with Crippen LogP contribution >= 0.6 is 0 Å². The number of aliphatic hydroxyl groups excluding tert-OH is 1. The predicted octanol–water partition coefficient (Wildman–Crippen LogP) is 3.77. The van der Waals surface area contributed by atoms with Crippen molar-refractivity contribution in [3.05, 3.63) is 102 Å². The molecule has 4 N–H and O–H groups in total. The van der Waals surface area contributed by atoms with Crippen LogP contribution in [0.2, 0.25) is 0 Å². The van der Waals surface area contributed by atoms with Crippen molar-refractivity contribution in [3.63, 3.8) is 0 Å². The number of nitrogens with zero attached hydrogens (tertiary/aromatic N) is 2. The molecule has 0 saturated carbocycles. The van der Waals surface area contributed by atoms with Crippen LogP contribution < -0.4 is 10.5 Å². The molecule has 3 aromatic rings. The average Bonchev–Trinajstić information content (AvgIpc) is 2.86. The third kappa shape index (κ3) is 6.02. The van der Waals surface area contributed by atoms with E-state index in [0.29, 0.717) is 22.4 Å². The van der Waals surface area contributed by atoms with Crippen molar-refractivity contribution in [2.45, 2.75) is 17.9 Å². The van der Waals surface area contributed by atoms with Gasteiger partial charge in [-0.25, -0.2) is 22.5 Å². The highest BCUT2D eigenvalue weighted by molar-refractivity contribution is 7.89. The van der Waals surface area contributed by atoms with Gasteiger partial charge in [0.15, 0.2) is 0 Å². The summed E-state index contributed by atoms with van der Waals surface area (Å²) in [7, 11) is -4.00. The van der Waals surface area contributed by atoms with Gasteiger partial charge in [-0.2, -0.15) is 0 Å². The Kier molecular flexibility index (Phi) is 8.06. The van der Waals surface area contributed by atoms with Gasteiger partial charge < -0.3 is 10.8 Å². The summed E-state index contributed by atoms with van der Waals surface area (Å²) >= 11 is 0. The van der Waals surface area contributed by atoms with Crippen LogP contribution in [0.1, 0.15) is 24.2 Å². The van der Waals surface area contributed by atoms with Gasteiger partial charge in [-0.05, 0) is 43.0 Å². The van der Waals surface area contributed by atoms with E-state index in [1.807, 2.05) is 0 Å². The summed E-state index contributed by atoms with van der Waals surface area (Å²) in [5.41, 5.74) is 7.42. The minimum Gasteiger partial charge on any atom is -0.387 e. The summed E-state index contributed by atoms with van der Waals surface area (Å²) in [6, 6.07) is 19.4. The standard InChI is InChI=1S/C25H25FN4O3S/c1-17(29-16-25(27)28-2)20-13-12-19(14-22(20)26)21-10-6-7-11-24(21)34(32,33)30-15-23(31)18-8-4-3-5-9-18/h3-14,16,23,30-31H,2,15,27H2,1H3/b25-16-,29-17+/t23-/m1/s1. The third-order valence-corrected chi connectivity index (χ3v) is 6.55. The van der Waals surface area contributed by atoms with E-state index in [9.17, 15) is 17.9 Å². The van der Waals surface area contributed by atoms with Gasteiger partial charge in [0.25, 0.3) is 0 Å². The monoisotopic (exact) mass is 480 g/mol. The Morgan fingerprint density at radius 1 is 1.15 bits per heavy atom. The summed E-state index contributed by atoms with van der Waals surface area (Å²) in [6.07, 6.45) is 0.258. The molecule has 3 aromatic carbocycles. The minimum atomic E-state index is -4.00. The van der Waals surface area contributed by atoms with E-state index in [4.69, 9.17) is 5.73 Å². The second kappa shape index (κ2) is 11.0. The van der Waals surface area contributed by atoms with Crippen LogP contribution in [0.15, 0.2) is 99.7 Å². The molecule has 176 valence electrons. The van der Waals surface area contributed by atoms with Gasteiger partial charge in [0.2, 0.25) is 10.0 Å². The number of benzene rings is 3.